The summed E-state index contributed by atoms with van der Waals surface area (Å²) < 4.78 is 14.8. The quantitative estimate of drug-likeness (QED) is 0.228. The zero-order valence-electron chi connectivity index (χ0n) is 20.4. The first-order valence-corrected chi connectivity index (χ1v) is 13.5. The Bertz CT molecular complexity index is 2250. The first kappa shape index (κ1) is 20.9. The van der Waals surface area contributed by atoms with Gasteiger partial charge in [-0.15, -0.1) is 11.3 Å². The van der Waals surface area contributed by atoms with Crippen molar-refractivity contribution in [1.29, 1.82) is 0 Å². The second-order valence-electron chi connectivity index (χ2n) is 9.66. The lowest BCUT2D eigenvalue weighted by Crippen LogP contribution is -1.86. The van der Waals surface area contributed by atoms with Crippen LogP contribution >= 0.6 is 11.3 Å². The molecule has 0 aliphatic rings. The van der Waals surface area contributed by atoms with E-state index in [1.54, 1.807) is 17.7 Å². The topological polar surface area (TPSA) is 65.0 Å². The van der Waals surface area contributed by atoms with Crippen molar-refractivity contribution in [2.75, 3.05) is 0 Å². The summed E-state index contributed by atoms with van der Waals surface area (Å²) in [6, 6.07) is 31.0. The van der Waals surface area contributed by atoms with Crippen molar-refractivity contribution < 1.29 is 8.83 Å². The second kappa shape index (κ2) is 7.72. The molecule has 0 saturated carbocycles. The number of hydrogen-bond acceptors (Lipinski definition) is 6. The minimum atomic E-state index is 0.791. The minimum absolute atomic E-state index is 0.791. The molecule has 0 bridgehead atoms. The summed E-state index contributed by atoms with van der Waals surface area (Å²) in [4.78, 5) is 14.0. The molecule has 5 aromatic heterocycles. The Labute approximate surface area is 225 Å². The van der Waals surface area contributed by atoms with Crippen LogP contribution in [0.5, 0.6) is 0 Å². The summed E-state index contributed by atoms with van der Waals surface area (Å²) >= 11 is 1.73. The molecule has 0 unspecified atom stereocenters. The number of rotatable bonds is 2. The normalized spacial score (nSPS) is 12.1. The molecule has 5 nitrogen and oxygen atoms in total. The van der Waals surface area contributed by atoms with Crippen LogP contribution in [0.25, 0.3) is 86.7 Å². The van der Waals surface area contributed by atoms with Gasteiger partial charge < -0.3 is 8.83 Å². The van der Waals surface area contributed by atoms with Crippen molar-refractivity contribution in [1.82, 2.24) is 15.0 Å². The molecule has 0 aliphatic carbocycles. The molecule has 5 heterocycles. The fourth-order valence-electron chi connectivity index (χ4n) is 5.66. The van der Waals surface area contributed by atoms with Crippen LogP contribution < -0.4 is 0 Å². The average Bonchev–Trinajstić information content (AvgIpc) is 3.67. The Morgan fingerprint density at radius 3 is 2.10 bits per heavy atom. The molecular formula is C33H17N3O2S. The highest BCUT2D eigenvalue weighted by molar-refractivity contribution is 7.26. The Morgan fingerprint density at radius 2 is 1.26 bits per heavy atom. The molecule has 182 valence electrons. The van der Waals surface area contributed by atoms with Gasteiger partial charge in [0.15, 0.2) is 5.58 Å². The molecule has 0 amide bonds. The average molecular weight is 520 g/mol. The predicted molar refractivity (Wildman–Crippen MR) is 158 cm³/mol. The molecule has 9 rings (SSSR count). The van der Waals surface area contributed by atoms with Crippen molar-refractivity contribution >= 4 is 75.5 Å². The third-order valence-corrected chi connectivity index (χ3v) is 8.63. The van der Waals surface area contributed by atoms with Crippen LogP contribution in [0.15, 0.2) is 112 Å². The van der Waals surface area contributed by atoms with E-state index in [1.165, 1.54) is 4.70 Å². The standard InChI is InChI=1S/C33H17N3O2S/c1-3-7-25-20(5-1)21-13-14-34-29(32(21)38-25)18-9-11-26-23(15-18)24-16-19(10-12-27(24)37-26)30-33-31(36-17-35-30)22-6-2-4-8-28(22)39-33/h1-17H. The van der Waals surface area contributed by atoms with E-state index >= 15 is 0 Å². The number of hydrogen-bond donors (Lipinski definition) is 0. The first-order chi connectivity index (χ1) is 19.3. The summed E-state index contributed by atoms with van der Waals surface area (Å²) in [6.07, 6.45) is 3.51. The zero-order valence-corrected chi connectivity index (χ0v) is 21.2. The SMILES string of the molecule is c1ccc2c(c1)oc1c(-c3ccc4oc5ccc(-c6ncnc7c6sc6ccccc67)cc5c4c3)nccc12. The summed E-state index contributed by atoms with van der Waals surface area (Å²) in [7, 11) is 0. The van der Waals surface area contributed by atoms with Crippen molar-refractivity contribution in [2.45, 2.75) is 0 Å². The monoisotopic (exact) mass is 519 g/mol. The van der Waals surface area contributed by atoms with Crippen molar-refractivity contribution in [3.63, 3.8) is 0 Å². The third kappa shape index (κ3) is 2.97. The molecule has 0 spiro atoms. The Morgan fingerprint density at radius 1 is 0.538 bits per heavy atom. The van der Waals surface area contributed by atoms with Crippen LogP contribution in [0.1, 0.15) is 0 Å². The summed E-state index contributed by atoms with van der Waals surface area (Å²) in [6.45, 7) is 0. The Hall–Kier alpha value is -5.07. The number of nitrogens with zero attached hydrogens (tertiary/aromatic N) is 3. The van der Waals surface area contributed by atoms with Crippen molar-refractivity contribution in [2.24, 2.45) is 0 Å². The first-order valence-electron chi connectivity index (χ1n) is 12.7. The second-order valence-corrected chi connectivity index (χ2v) is 10.7. The molecule has 0 N–H and O–H groups in total. The number of para-hydroxylation sites is 1. The van der Waals surface area contributed by atoms with E-state index < -0.39 is 0 Å². The minimum Gasteiger partial charge on any atom is -0.456 e. The van der Waals surface area contributed by atoms with E-state index in [2.05, 4.69) is 53.5 Å². The fourth-order valence-corrected chi connectivity index (χ4v) is 6.83. The predicted octanol–water partition coefficient (Wildman–Crippen LogP) is 9.37. The van der Waals surface area contributed by atoms with E-state index in [1.807, 2.05) is 48.7 Å². The molecule has 0 fully saturated rings. The fraction of sp³-hybridized carbons (Fsp3) is 0. The lowest BCUT2D eigenvalue weighted by atomic mass is 10.0. The van der Waals surface area contributed by atoms with Gasteiger partial charge in [-0.1, -0.05) is 36.4 Å². The molecule has 39 heavy (non-hydrogen) atoms. The summed E-state index contributed by atoms with van der Waals surface area (Å²) in [5.41, 5.74) is 8.07. The lowest BCUT2D eigenvalue weighted by molar-refractivity contribution is 0.667. The number of aromatic nitrogens is 3. The molecule has 0 aliphatic heterocycles. The zero-order chi connectivity index (χ0) is 25.5. The van der Waals surface area contributed by atoms with Gasteiger partial charge in [0.1, 0.15) is 28.8 Å². The van der Waals surface area contributed by atoms with Crippen molar-refractivity contribution in [3.8, 4) is 22.5 Å². The van der Waals surface area contributed by atoms with E-state index in [4.69, 9.17) is 18.8 Å². The Kier molecular flexibility index (Phi) is 4.14. The van der Waals surface area contributed by atoms with Gasteiger partial charge in [0.2, 0.25) is 0 Å². The van der Waals surface area contributed by atoms with Gasteiger partial charge in [-0.05, 0) is 54.6 Å². The molecule has 0 radical (unpaired) electrons. The largest absolute Gasteiger partial charge is 0.456 e. The maximum atomic E-state index is 6.26. The Balaban J connectivity index is 1.26. The summed E-state index contributed by atoms with van der Waals surface area (Å²) in [5, 5.41) is 5.38. The van der Waals surface area contributed by atoms with E-state index in [9.17, 15) is 0 Å². The molecule has 0 saturated heterocycles. The van der Waals surface area contributed by atoms with Crippen LogP contribution in [-0.4, -0.2) is 15.0 Å². The van der Waals surface area contributed by atoms with E-state index in [-0.39, 0.29) is 0 Å². The molecule has 6 heteroatoms. The van der Waals surface area contributed by atoms with E-state index in [0.717, 1.165) is 82.0 Å². The molecular weight excluding hydrogens is 502 g/mol. The smallest absolute Gasteiger partial charge is 0.161 e. The van der Waals surface area contributed by atoms with Crippen molar-refractivity contribution in [3.05, 3.63) is 104 Å². The van der Waals surface area contributed by atoms with E-state index in [0.29, 0.717) is 0 Å². The number of fused-ring (bicyclic) bond motifs is 9. The number of benzene rings is 4. The van der Waals surface area contributed by atoms with Crippen LogP contribution in [0.2, 0.25) is 0 Å². The summed E-state index contributed by atoms with van der Waals surface area (Å²) in [5.74, 6) is 0. The van der Waals surface area contributed by atoms with Gasteiger partial charge in [-0.3, -0.25) is 4.98 Å². The number of furan rings is 2. The van der Waals surface area contributed by atoms with Gasteiger partial charge in [0.25, 0.3) is 0 Å². The van der Waals surface area contributed by atoms with Gasteiger partial charge in [-0.2, -0.15) is 0 Å². The highest BCUT2D eigenvalue weighted by atomic mass is 32.1. The van der Waals surface area contributed by atoms with Gasteiger partial charge in [0, 0.05) is 49.0 Å². The molecule has 4 aromatic carbocycles. The van der Waals surface area contributed by atoms with Crippen LogP contribution in [0.4, 0.5) is 0 Å². The molecule has 9 aromatic rings. The van der Waals surface area contributed by atoms with Gasteiger partial charge >= 0.3 is 0 Å². The maximum Gasteiger partial charge on any atom is 0.161 e. The molecule has 0 atom stereocenters. The van der Waals surface area contributed by atoms with Gasteiger partial charge in [0.05, 0.1) is 15.9 Å². The number of pyridine rings is 1. The maximum absolute atomic E-state index is 6.26. The lowest BCUT2D eigenvalue weighted by Gasteiger charge is -2.03. The third-order valence-electron chi connectivity index (χ3n) is 7.47. The highest BCUT2D eigenvalue weighted by Gasteiger charge is 2.17. The highest BCUT2D eigenvalue weighted by Crippen LogP contribution is 2.41. The number of thiophene rings is 1. The van der Waals surface area contributed by atoms with Gasteiger partial charge in [-0.25, -0.2) is 9.97 Å². The van der Waals surface area contributed by atoms with Crippen LogP contribution in [0, 0.1) is 0 Å². The van der Waals surface area contributed by atoms with Crippen LogP contribution in [-0.2, 0) is 0 Å². The van der Waals surface area contributed by atoms with Crippen LogP contribution in [0.3, 0.4) is 0 Å².